The van der Waals surface area contributed by atoms with Gasteiger partial charge < -0.3 is 10.1 Å². The second-order valence-electron chi connectivity index (χ2n) is 6.05. The number of carbonyl (C=O) groups is 2. The molecule has 0 fully saturated rings. The number of ether oxygens (including phenoxy) is 1. The smallest absolute Gasteiger partial charge is 0.451 e. The maximum Gasteiger partial charge on any atom is 0.451 e. The Morgan fingerprint density at radius 1 is 1.23 bits per heavy atom. The molecule has 11 heteroatoms. The highest BCUT2D eigenvalue weighted by atomic mass is 32.2. The number of aromatic nitrogens is 2. The number of para-hydroxylation sites is 1. The van der Waals surface area contributed by atoms with Crippen LogP contribution in [-0.4, -0.2) is 34.2 Å². The van der Waals surface area contributed by atoms with E-state index < -0.39 is 23.9 Å². The summed E-state index contributed by atoms with van der Waals surface area (Å²) in [5.74, 6) is -2.32. The molecule has 0 radical (unpaired) electrons. The number of esters is 1. The van der Waals surface area contributed by atoms with Gasteiger partial charge in [-0.3, -0.25) is 4.79 Å². The first-order valence-corrected chi connectivity index (χ1v) is 10.5. The average Bonchev–Trinajstić information content (AvgIpc) is 3.05. The lowest BCUT2D eigenvalue weighted by molar-refractivity contribution is -0.145. The lowest BCUT2D eigenvalue weighted by Gasteiger charge is -2.10. The van der Waals surface area contributed by atoms with Gasteiger partial charge in [-0.2, -0.15) is 13.2 Å². The van der Waals surface area contributed by atoms with Gasteiger partial charge in [-0.05, 0) is 31.5 Å². The predicted molar refractivity (Wildman–Crippen MR) is 109 cm³/mol. The van der Waals surface area contributed by atoms with Crippen LogP contribution in [0.25, 0.3) is 10.9 Å². The van der Waals surface area contributed by atoms with Crippen LogP contribution >= 0.6 is 23.1 Å². The molecule has 0 atom stereocenters. The molecule has 3 rings (SSSR count). The molecule has 158 valence electrons. The molecule has 1 N–H and O–H groups in total. The molecular weight excluding hydrogens is 439 g/mol. The van der Waals surface area contributed by atoms with Crippen molar-refractivity contribution in [3.8, 4) is 0 Å². The van der Waals surface area contributed by atoms with Gasteiger partial charge in [0.25, 0.3) is 0 Å². The third kappa shape index (κ3) is 5.08. The average molecular weight is 455 g/mol. The van der Waals surface area contributed by atoms with E-state index in [-0.39, 0.29) is 22.9 Å². The van der Waals surface area contributed by atoms with Crippen LogP contribution in [0.1, 0.15) is 28.0 Å². The summed E-state index contributed by atoms with van der Waals surface area (Å²) in [5.41, 5.74) is 0.814. The first-order chi connectivity index (χ1) is 14.2. The van der Waals surface area contributed by atoms with Crippen LogP contribution in [0.15, 0.2) is 35.4 Å². The highest BCUT2D eigenvalue weighted by molar-refractivity contribution is 8.00. The van der Waals surface area contributed by atoms with E-state index >= 15 is 0 Å². The summed E-state index contributed by atoms with van der Waals surface area (Å²) in [7, 11) is 0. The molecule has 0 aliphatic heterocycles. The molecule has 0 saturated carbocycles. The lowest BCUT2D eigenvalue weighted by Crippen LogP contribution is -2.14. The summed E-state index contributed by atoms with van der Waals surface area (Å²) < 4.78 is 44.2. The molecule has 0 aliphatic carbocycles. The van der Waals surface area contributed by atoms with Gasteiger partial charge in [0.15, 0.2) is 0 Å². The molecule has 2 heterocycles. The van der Waals surface area contributed by atoms with E-state index in [1.807, 2.05) is 0 Å². The molecule has 3 aromatic rings. The summed E-state index contributed by atoms with van der Waals surface area (Å²) in [4.78, 5) is 31.7. The van der Waals surface area contributed by atoms with Crippen molar-refractivity contribution in [3.05, 3.63) is 46.6 Å². The Kier molecular flexibility index (Phi) is 6.61. The van der Waals surface area contributed by atoms with Crippen molar-refractivity contribution in [1.82, 2.24) is 9.97 Å². The molecule has 6 nitrogen and oxygen atoms in total. The number of alkyl halides is 3. The van der Waals surface area contributed by atoms with Gasteiger partial charge in [0.05, 0.1) is 22.9 Å². The number of benzene rings is 1. The minimum absolute atomic E-state index is 0.0673. The first kappa shape index (κ1) is 22.0. The van der Waals surface area contributed by atoms with Crippen LogP contribution in [0.5, 0.6) is 0 Å². The molecular formula is C19H16F3N3O3S2. The second-order valence-corrected chi connectivity index (χ2v) is 8.06. The Morgan fingerprint density at radius 3 is 2.67 bits per heavy atom. The van der Waals surface area contributed by atoms with Crippen molar-refractivity contribution in [2.75, 3.05) is 17.7 Å². The van der Waals surface area contributed by atoms with Gasteiger partial charge in [0.2, 0.25) is 11.7 Å². The minimum atomic E-state index is -4.69. The number of carbonyl (C=O) groups excluding carboxylic acids is 2. The molecule has 1 amide bonds. The van der Waals surface area contributed by atoms with Gasteiger partial charge in [-0.15, -0.1) is 11.3 Å². The third-order valence-electron chi connectivity index (χ3n) is 3.80. The number of nitrogens with zero attached hydrogens (tertiary/aromatic N) is 2. The Morgan fingerprint density at radius 2 is 1.97 bits per heavy atom. The van der Waals surface area contributed by atoms with Gasteiger partial charge in [0, 0.05) is 5.39 Å². The minimum Gasteiger partial charge on any atom is -0.462 e. The van der Waals surface area contributed by atoms with Gasteiger partial charge >= 0.3 is 12.1 Å². The molecule has 0 saturated heterocycles. The van der Waals surface area contributed by atoms with Crippen molar-refractivity contribution >= 4 is 50.9 Å². The number of thioether (sulfide) groups is 1. The SMILES string of the molecule is CCOC(=O)c1sc(NC(=O)CSc2nc(C(F)(F)F)nc3ccccc23)cc1C. The van der Waals surface area contributed by atoms with Crippen molar-refractivity contribution in [3.63, 3.8) is 0 Å². The third-order valence-corrected chi connectivity index (χ3v) is 5.93. The fourth-order valence-electron chi connectivity index (χ4n) is 2.53. The molecule has 1 aromatic carbocycles. The quantitative estimate of drug-likeness (QED) is 0.323. The highest BCUT2D eigenvalue weighted by Gasteiger charge is 2.35. The fraction of sp³-hybridized carbons (Fsp3) is 0.263. The van der Waals surface area contributed by atoms with E-state index in [1.54, 1.807) is 38.1 Å². The lowest BCUT2D eigenvalue weighted by atomic mass is 10.2. The fourth-order valence-corrected chi connectivity index (χ4v) is 4.34. The number of aryl methyl sites for hydroxylation is 1. The van der Waals surface area contributed by atoms with E-state index in [9.17, 15) is 22.8 Å². The van der Waals surface area contributed by atoms with Gasteiger partial charge in [-0.25, -0.2) is 14.8 Å². The molecule has 0 unspecified atom stereocenters. The number of hydrogen-bond acceptors (Lipinski definition) is 7. The zero-order chi connectivity index (χ0) is 21.9. The monoisotopic (exact) mass is 455 g/mol. The van der Waals surface area contributed by atoms with Crippen LogP contribution in [0.3, 0.4) is 0 Å². The molecule has 30 heavy (non-hydrogen) atoms. The topological polar surface area (TPSA) is 81.2 Å². The predicted octanol–water partition coefficient (Wildman–Crippen LogP) is 4.93. The highest BCUT2D eigenvalue weighted by Crippen LogP contribution is 2.32. The normalized spacial score (nSPS) is 11.5. The zero-order valence-corrected chi connectivity index (χ0v) is 17.5. The summed E-state index contributed by atoms with van der Waals surface area (Å²) in [6.45, 7) is 3.65. The Bertz CT molecular complexity index is 1100. The van der Waals surface area contributed by atoms with Crippen LogP contribution in [0.2, 0.25) is 0 Å². The van der Waals surface area contributed by atoms with Crippen LogP contribution < -0.4 is 5.32 Å². The van der Waals surface area contributed by atoms with Crippen molar-refractivity contribution in [2.45, 2.75) is 25.0 Å². The summed E-state index contributed by atoms with van der Waals surface area (Å²) in [6.07, 6.45) is -4.69. The van der Waals surface area contributed by atoms with E-state index in [0.29, 0.717) is 20.8 Å². The second kappa shape index (κ2) is 9.00. The van der Waals surface area contributed by atoms with Gasteiger partial charge in [0.1, 0.15) is 9.90 Å². The van der Waals surface area contributed by atoms with Crippen molar-refractivity contribution in [2.24, 2.45) is 0 Å². The summed E-state index contributed by atoms with van der Waals surface area (Å²) in [5, 5.41) is 3.60. The standard InChI is InChI=1S/C19H16F3N3O3S2/c1-3-28-17(27)15-10(2)8-14(30-15)24-13(26)9-29-16-11-6-4-5-7-12(11)23-18(25-16)19(20,21)22/h4-8H,3,9H2,1-2H3,(H,24,26). The molecule has 2 aromatic heterocycles. The Balaban J connectivity index is 1.74. The van der Waals surface area contributed by atoms with Crippen LogP contribution in [0, 0.1) is 6.92 Å². The van der Waals surface area contributed by atoms with E-state index in [0.717, 1.165) is 23.1 Å². The van der Waals surface area contributed by atoms with Gasteiger partial charge in [-0.1, -0.05) is 30.0 Å². The summed E-state index contributed by atoms with van der Waals surface area (Å²) >= 11 is 1.96. The number of hydrogen-bond donors (Lipinski definition) is 1. The van der Waals surface area contributed by atoms with E-state index in [2.05, 4.69) is 15.3 Å². The molecule has 0 bridgehead atoms. The Hall–Kier alpha value is -2.66. The van der Waals surface area contributed by atoms with E-state index in [4.69, 9.17) is 4.74 Å². The number of amides is 1. The number of rotatable bonds is 6. The van der Waals surface area contributed by atoms with Crippen molar-refractivity contribution in [1.29, 1.82) is 0 Å². The largest absolute Gasteiger partial charge is 0.462 e. The maximum atomic E-state index is 13.1. The number of thiophene rings is 1. The molecule has 0 aliphatic rings. The van der Waals surface area contributed by atoms with Crippen molar-refractivity contribution < 1.29 is 27.5 Å². The zero-order valence-electron chi connectivity index (χ0n) is 15.9. The van der Waals surface area contributed by atoms with Crippen LogP contribution in [-0.2, 0) is 15.7 Å². The summed E-state index contributed by atoms with van der Waals surface area (Å²) in [6, 6.07) is 7.94. The number of anilines is 1. The first-order valence-electron chi connectivity index (χ1n) is 8.73. The number of halogens is 3. The molecule has 0 spiro atoms. The maximum absolute atomic E-state index is 13.1. The Labute approximate surface area is 177 Å². The van der Waals surface area contributed by atoms with E-state index in [1.165, 1.54) is 6.07 Å². The van der Waals surface area contributed by atoms with Crippen LogP contribution in [0.4, 0.5) is 18.2 Å². The number of nitrogens with one attached hydrogen (secondary N) is 1. The number of fused-ring (bicyclic) bond motifs is 1.